The van der Waals surface area contributed by atoms with Gasteiger partial charge in [-0.1, -0.05) is 36.4 Å². The monoisotopic (exact) mass is 330 g/mol. The first kappa shape index (κ1) is 16.0. The van der Waals surface area contributed by atoms with Crippen LogP contribution in [0.3, 0.4) is 0 Å². The number of amides is 1. The molecular formula is C18H22N2O2S. The van der Waals surface area contributed by atoms with Gasteiger partial charge in [-0.2, -0.15) is 0 Å². The Morgan fingerprint density at radius 3 is 2.70 bits per heavy atom. The van der Waals surface area contributed by atoms with E-state index in [2.05, 4.69) is 35.1 Å². The van der Waals surface area contributed by atoms with Gasteiger partial charge in [-0.3, -0.25) is 0 Å². The number of alkyl carbamates (subject to hydrolysis) is 1. The molecule has 1 heterocycles. The quantitative estimate of drug-likeness (QED) is 0.846. The molecule has 122 valence electrons. The fourth-order valence-corrected chi connectivity index (χ4v) is 3.52. The Hall–Kier alpha value is -1.85. The van der Waals surface area contributed by atoms with Gasteiger partial charge in [0.25, 0.3) is 0 Å². The van der Waals surface area contributed by atoms with E-state index < -0.39 is 0 Å². The second-order valence-electron chi connectivity index (χ2n) is 5.98. The summed E-state index contributed by atoms with van der Waals surface area (Å²) >= 11 is 1.77. The lowest BCUT2D eigenvalue weighted by atomic mass is 9.86. The largest absolute Gasteiger partial charge is 0.445 e. The van der Waals surface area contributed by atoms with Gasteiger partial charge in [-0.25, -0.2) is 4.79 Å². The van der Waals surface area contributed by atoms with Crippen LogP contribution in [0.25, 0.3) is 0 Å². The van der Waals surface area contributed by atoms with Crippen molar-refractivity contribution >= 4 is 17.4 Å². The van der Waals surface area contributed by atoms with Crippen molar-refractivity contribution in [3.63, 3.8) is 0 Å². The van der Waals surface area contributed by atoms with Crippen LogP contribution < -0.4 is 10.6 Å². The van der Waals surface area contributed by atoms with Gasteiger partial charge >= 0.3 is 6.09 Å². The molecule has 1 aliphatic rings. The van der Waals surface area contributed by atoms with Crippen LogP contribution in [-0.4, -0.2) is 18.2 Å². The number of carbonyl (C=O) groups is 1. The summed E-state index contributed by atoms with van der Waals surface area (Å²) in [5.41, 5.74) is 1.00. The molecule has 4 nitrogen and oxygen atoms in total. The highest BCUT2D eigenvalue weighted by Gasteiger charge is 2.31. The zero-order valence-corrected chi connectivity index (χ0v) is 14.0. The van der Waals surface area contributed by atoms with Crippen LogP contribution in [-0.2, 0) is 11.3 Å². The zero-order valence-electron chi connectivity index (χ0n) is 13.2. The van der Waals surface area contributed by atoms with E-state index in [1.165, 1.54) is 4.88 Å². The smallest absolute Gasteiger partial charge is 0.407 e. The van der Waals surface area contributed by atoms with Gasteiger partial charge in [0.05, 0.1) is 0 Å². The predicted molar refractivity (Wildman–Crippen MR) is 92.4 cm³/mol. The Balaban J connectivity index is 1.33. The molecule has 1 amide bonds. The average Bonchev–Trinajstić information content (AvgIpc) is 3.06. The van der Waals surface area contributed by atoms with Crippen molar-refractivity contribution in [1.29, 1.82) is 0 Å². The van der Waals surface area contributed by atoms with Crippen LogP contribution in [0.5, 0.6) is 0 Å². The third-order valence-electron chi connectivity index (χ3n) is 4.13. The molecule has 1 aliphatic carbocycles. The second-order valence-corrected chi connectivity index (χ2v) is 6.95. The molecule has 1 fully saturated rings. The minimum absolute atomic E-state index is 0.214. The third-order valence-corrected chi connectivity index (χ3v) is 5.18. The average molecular weight is 330 g/mol. The minimum atomic E-state index is -0.330. The molecule has 2 N–H and O–H groups in total. The van der Waals surface area contributed by atoms with E-state index in [1.54, 1.807) is 11.3 Å². The van der Waals surface area contributed by atoms with Crippen LogP contribution in [0.1, 0.15) is 36.2 Å². The van der Waals surface area contributed by atoms with Crippen molar-refractivity contribution in [2.24, 2.45) is 0 Å². The number of carbonyl (C=O) groups excluding carboxylic acids is 1. The van der Waals surface area contributed by atoms with Crippen molar-refractivity contribution in [2.75, 3.05) is 0 Å². The van der Waals surface area contributed by atoms with E-state index in [0.29, 0.717) is 18.7 Å². The van der Waals surface area contributed by atoms with Crippen LogP contribution in [0.15, 0.2) is 47.8 Å². The van der Waals surface area contributed by atoms with Crippen LogP contribution in [0.2, 0.25) is 0 Å². The molecule has 3 rings (SSSR count). The molecule has 1 atom stereocenters. The van der Waals surface area contributed by atoms with E-state index >= 15 is 0 Å². The molecule has 0 aliphatic heterocycles. The SMILES string of the molecule is C[C@@H](NC1CC(NC(=O)OCc2ccccc2)C1)c1cccs1. The number of nitrogens with one attached hydrogen (secondary N) is 2. The molecule has 5 heteroatoms. The number of thiophene rings is 1. The van der Waals surface area contributed by atoms with Crippen LogP contribution in [0, 0.1) is 0 Å². The lowest BCUT2D eigenvalue weighted by Crippen LogP contribution is -2.52. The highest BCUT2D eigenvalue weighted by atomic mass is 32.1. The van der Waals surface area contributed by atoms with Gasteiger partial charge in [0.2, 0.25) is 0 Å². The summed E-state index contributed by atoms with van der Waals surface area (Å²) in [6.45, 7) is 2.50. The highest BCUT2D eigenvalue weighted by molar-refractivity contribution is 7.10. The van der Waals surface area contributed by atoms with Gasteiger partial charge < -0.3 is 15.4 Å². The van der Waals surface area contributed by atoms with E-state index in [1.807, 2.05) is 30.3 Å². The number of rotatable bonds is 6. The summed E-state index contributed by atoms with van der Waals surface area (Å²) in [5.74, 6) is 0. The Bertz CT molecular complexity index is 609. The topological polar surface area (TPSA) is 50.4 Å². The summed E-state index contributed by atoms with van der Waals surface area (Å²) < 4.78 is 5.24. The van der Waals surface area contributed by atoms with E-state index in [9.17, 15) is 4.79 Å². The standard InChI is InChI=1S/C18H22N2O2S/c1-13(17-8-5-9-23-17)19-15-10-16(11-15)20-18(21)22-12-14-6-3-2-4-7-14/h2-9,13,15-16,19H,10-12H2,1H3,(H,20,21)/t13-,15?,16?/m1/s1. The number of benzene rings is 1. The normalized spacial score (nSPS) is 21.3. The Kier molecular flexibility index (Phi) is 5.31. The molecule has 2 aromatic rings. The van der Waals surface area contributed by atoms with Gasteiger partial charge in [0.15, 0.2) is 0 Å². The van der Waals surface area contributed by atoms with E-state index in [-0.39, 0.29) is 12.1 Å². The highest BCUT2D eigenvalue weighted by Crippen LogP contribution is 2.25. The molecular weight excluding hydrogens is 308 g/mol. The lowest BCUT2D eigenvalue weighted by Gasteiger charge is -2.37. The first-order valence-corrected chi connectivity index (χ1v) is 8.85. The molecule has 0 unspecified atom stereocenters. The molecule has 0 spiro atoms. The maximum atomic E-state index is 11.8. The maximum absolute atomic E-state index is 11.8. The molecule has 0 saturated heterocycles. The molecule has 0 bridgehead atoms. The Labute approximate surface area is 140 Å². The second kappa shape index (κ2) is 7.62. The van der Waals surface area contributed by atoms with Gasteiger partial charge in [0, 0.05) is 23.0 Å². The van der Waals surface area contributed by atoms with E-state index in [0.717, 1.165) is 18.4 Å². The summed E-state index contributed by atoms with van der Waals surface area (Å²) in [5, 5.41) is 8.62. The fourth-order valence-electron chi connectivity index (χ4n) is 2.78. The van der Waals surface area contributed by atoms with E-state index in [4.69, 9.17) is 4.74 Å². The summed E-state index contributed by atoms with van der Waals surface area (Å²) in [7, 11) is 0. The van der Waals surface area contributed by atoms with Gasteiger partial charge in [-0.05, 0) is 36.8 Å². The van der Waals surface area contributed by atoms with Crippen LogP contribution in [0.4, 0.5) is 4.79 Å². The number of ether oxygens (including phenoxy) is 1. The van der Waals surface area contributed by atoms with Crippen molar-refractivity contribution in [1.82, 2.24) is 10.6 Å². The van der Waals surface area contributed by atoms with Gasteiger partial charge in [0.1, 0.15) is 6.61 Å². The Morgan fingerprint density at radius 2 is 2.00 bits per heavy atom. The predicted octanol–water partition coefficient (Wildman–Crippen LogP) is 3.86. The molecule has 23 heavy (non-hydrogen) atoms. The first-order chi connectivity index (χ1) is 11.2. The van der Waals surface area contributed by atoms with Crippen molar-refractivity contribution in [3.8, 4) is 0 Å². The molecule has 0 radical (unpaired) electrons. The van der Waals surface area contributed by atoms with Crippen molar-refractivity contribution < 1.29 is 9.53 Å². The summed E-state index contributed by atoms with van der Waals surface area (Å²) in [6, 6.07) is 15.0. The van der Waals surface area contributed by atoms with Crippen LogP contribution >= 0.6 is 11.3 Å². The van der Waals surface area contributed by atoms with Crippen molar-refractivity contribution in [2.45, 2.75) is 44.5 Å². The molecule has 1 aromatic heterocycles. The zero-order chi connectivity index (χ0) is 16.1. The number of hydrogen-bond donors (Lipinski definition) is 2. The maximum Gasteiger partial charge on any atom is 0.407 e. The fraction of sp³-hybridized carbons (Fsp3) is 0.389. The summed E-state index contributed by atoms with van der Waals surface area (Å²) in [6.07, 6.45) is 1.58. The van der Waals surface area contributed by atoms with Gasteiger partial charge in [-0.15, -0.1) is 11.3 Å². The minimum Gasteiger partial charge on any atom is -0.445 e. The van der Waals surface area contributed by atoms with Crippen molar-refractivity contribution in [3.05, 3.63) is 58.3 Å². The number of hydrogen-bond acceptors (Lipinski definition) is 4. The first-order valence-electron chi connectivity index (χ1n) is 7.97. The Morgan fingerprint density at radius 1 is 1.22 bits per heavy atom. The third kappa shape index (κ3) is 4.56. The molecule has 1 saturated carbocycles. The lowest BCUT2D eigenvalue weighted by molar-refractivity contribution is 0.124. The molecule has 1 aromatic carbocycles. The summed E-state index contributed by atoms with van der Waals surface area (Å²) in [4.78, 5) is 13.1.